The van der Waals surface area contributed by atoms with Crippen molar-refractivity contribution in [3.63, 3.8) is 0 Å². The van der Waals surface area contributed by atoms with Gasteiger partial charge in [0.25, 0.3) is 11.6 Å². The zero-order valence-corrected chi connectivity index (χ0v) is 15.5. The van der Waals surface area contributed by atoms with Crippen molar-refractivity contribution >= 4 is 29.9 Å². The van der Waals surface area contributed by atoms with Crippen molar-refractivity contribution < 1.29 is 14.5 Å². The average Bonchev–Trinajstić information content (AvgIpc) is 2.60. The number of aromatic nitrogens is 1. The number of amides is 2. The Bertz CT molecular complexity index is 670. The number of halogens is 1. The second-order valence-corrected chi connectivity index (χ2v) is 6.07. The Labute approximate surface area is 157 Å². The molecule has 0 saturated carbocycles. The van der Waals surface area contributed by atoms with E-state index < -0.39 is 4.92 Å². The molecule has 1 unspecified atom stereocenters. The average molecular weight is 386 g/mol. The van der Waals surface area contributed by atoms with Crippen LogP contribution in [0, 0.1) is 17.0 Å². The van der Waals surface area contributed by atoms with Gasteiger partial charge in [-0.1, -0.05) is 0 Å². The number of aryl methyl sites for hydroxylation is 1. The lowest BCUT2D eigenvalue weighted by Gasteiger charge is -2.36. The van der Waals surface area contributed by atoms with E-state index in [1.165, 1.54) is 6.07 Å². The van der Waals surface area contributed by atoms with Crippen molar-refractivity contribution in [2.24, 2.45) is 5.73 Å². The van der Waals surface area contributed by atoms with Gasteiger partial charge in [0.15, 0.2) is 0 Å². The number of nitro groups is 1. The summed E-state index contributed by atoms with van der Waals surface area (Å²) in [5, 5.41) is 13.7. The fraction of sp³-hybridized carbons (Fsp3) is 0.562. The molecule has 1 saturated heterocycles. The molecule has 0 radical (unpaired) electrons. The van der Waals surface area contributed by atoms with Gasteiger partial charge in [-0.2, -0.15) is 0 Å². The molecule has 0 aromatic carbocycles. The number of nitrogens with two attached hydrogens (primary N) is 1. The number of hydrogen-bond donors (Lipinski definition) is 2. The van der Waals surface area contributed by atoms with Crippen LogP contribution in [0.3, 0.4) is 0 Å². The SMILES string of the molecule is Cc1ncc([N+](=O)[O-])cc1C(=O)N1CCCCC1CNC(=O)CCN.Cl. The third kappa shape index (κ3) is 5.37. The Morgan fingerprint density at radius 2 is 2.19 bits per heavy atom. The highest BCUT2D eigenvalue weighted by Gasteiger charge is 2.29. The molecule has 0 aliphatic carbocycles. The first-order chi connectivity index (χ1) is 11.9. The Hall–Kier alpha value is -2.26. The van der Waals surface area contributed by atoms with Gasteiger partial charge in [-0.05, 0) is 26.2 Å². The number of nitrogens with zero attached hydrogens (tertiary/aromatic N) is 3. The monoisotopic (exact) mass is 385 g/mol. The minimum atomic E-state index is -0.566. The van der Waals surface area contributed by atoms with Crippen LogP contribution in [0.25, 0.3) is 0 Å². The first-order valence-corrected chi connectivity index (χ1v) is 8.32. The van der Waals surface area contributed by atoms with Crippen molar-refractivity contribution in [1.82, 2.24) is 15.2 Å². The fourth-order valence-electron chi connectivity index (χ4n) is 2.92. The van der Waals surface area contributed by atoms with Gasteiger partial charge in [0.2, 0.25) is 5.91 Å². The highest BCUT2D eigenvalue weighted by atomic mass is 35.5. The van der Waals surface area contributed by atoms with Gasteiger partial charge in [0.1, 0.15) is 6.20 Å². The number of rotatable bonds is 6. The minimum Gasteiger partial charge on any atom is -0.354 e. The lowest BCUT2D eigenvalue weighted by Crippen LogP contribution is -2.49. The molecule has 2 rings (SSSR count). The molecule has 1 atom stereocenters. The van der Waals surface area contributed by atoms with E-state index in [0.29, 0.717) is 18.8 Å². The van der Waals surface area contributed by atoms with Crippen molar-refractivity contribution in [2.45, 2.75) is 38.6 Å². The maximum Gasteiger partial charge on any atom is 0.288 e. The number of hydrogen-bond acceptors (Lipinski definition) is 6. The standard InChI is InChI=1S/C16H23N5O4.ClH/c1-11-14(8-13(10-18-11)21(24)25)16(23)20-7-3-2-4-12(20)9-19-15(22)5-6-17;/h8,10,12H,2-7,9,17H2,1H3,(H,19,22);1H. The molecular weight excluding hydrogens is 362 g/mol. The summed E-state index contributed by atoms with van der Waals surface area (Å²) in [6.45, 7) is 2.83. The van der Waals surface area contributed by atoms with Crippen LogP contribution in [-0.4, -0.2) is 52.3 Å². The van der Waals surface area contributed by atoms with Crippen LogP contribution >= 0.6 is 12.4 Å². The van der Waals surface area contributed by atoms with Crippen molar-refractivity contribution in [1.29, 1.82) is 0 Å². The van der Waals surface area contributed by atoms with E-state index in [-0.39, 0.29) is 54.5 Å². The Morgan fingerprint density at radius 1 is 1.46 bits per heavy atom. The number of carbonyl (C=O) groups excluding carboxylic acids is 2. The molecular formula is C16H24ClN5O4. The van der Waals surface area contributed by atoms with Gasteiger partial charge in [0.05, 0.1) is 16.2 Å². The molecule has 144 valence electrons. The molecule has 0 bridgehead atoms. The quantitative estimate of drug-likeness (QED) is 0.558. The largest absolute Gasteiger partial charge is 0.354 e. The molecule has 1 aromatic heterocycles. The summed E-state index contributed by atoms with van der Waals surface area (Å²) in [6, 6.07) is 1.13. The first-order valence-electron chi connectivity index (χ1n) is 8.32. The van der Waals surface area contributed by atoms with Crippen molar-refractivity contribution in [3.05, 3.63) is 33.6 Å². The molecule has 1 aliphatic rings. The normalized spacial score (nSPS) is 16.5. The minimum absolute atomic E-state index is 0. The Morgan fingerprint density at radius 3 is 2.85 bits per heavy atom. The second-order valence-electron chi connectivity index (χ2n) is 6.07. The number of piperidine rings is 1. The van der Waals surface area contributed by atoms with Gasteiger partial charge in [0, 0.05) is 38.2 Å². The van der Waals surface area contributed by atoms with E-state index in [9.17, 15) is 19.7 Å². The highest BCUT2D eigenvalue weighted by molar-refractivity contribution is 5.96. The third-order valence-electron chi connectivity index (χ3n) is 4.31. The van der Waals surface area contributed by atoms with Crippen LogP contribution in [0.1, 0.15) is 41.7 Å². The molecule has 26 heavy (non-hydrogen) atoms. The summed E-state index contributed by atoms with van der Waals surface area (Å²) in [5.41, 5.74) is 5.83. The molecule has 9 nitrogen and oxygen atoms in total. The predicted molar refractivity (Wildman–Crippen MR) is 98.2 cm³/mol. The fourth-order valence-corrected chi connectivity index (χ4v) is 2.92. The van der Waals surface area contributed by atoms with Crippen LogP contribution in [0.2, 0.25) is 0 Å². The zero-order chi connectivity index (χ0) is 18.4. The number of pyridine rings is 1. The molecule has 3 N–H and O–H groups in total. The second kappa shape index (κ2) is 10.0. The van der Waals surface area contributed by atoms with E-state index in [1.807, 2.05) is 0 Å². The Balaban J connectivity index is 0.00000338. The lowest BCUT2D eigenvalue weighted by atomic mass is 10.00. The van der Waals surface area contributed by atoms with Gasteiger partial charge >= 0.3 is 0 Å². The molecule has 10 heteroatoms. The molecule has 0 spiro atoms. The molecule has 2 amide bonds. The molecule has 1 aromatic rings. The zero-order valence-electron chi connectivity index (χ0n) is 14.6. The van der Waals surface area contributed by atoms with Crippen molar-refractivity contribution in [3.8, 4) is 0 Å². The summed E-state index contributed by atoms with van der Waals surface area (Å²) >= 11 is 0. The predicted octanol–water partition coefficient (Wildman–Crippen LogP) is 1.18. The maximum atomic E-state index is 12.9. The van der Waals surface area contributed by atoms with E-state index in [2.05, 4.69) is 10.3 Å². The summed E-state index contributed by atoms with van der Waals surface area (Å²) in [7, 11) is 0. The Kier molecular flexibility index (Phi) is 8.40. The van der Waals surface area contributed by atoms with E-state index in [1.54, 1.807) is 11.8 Å². The summed E-state index contributed by atoms with van der Waals surface area (Å²) in [6.07, 6.45) is 3.99. The van der Waals surface area contributed by atoms with Crippen LogP contribution in [0.4, 0.5) is 5.69 Å². The van der Waals surface area contributed by atoms with E-state index in [0.717, 1.165) is 25.5 Å². The van der Waals surface area contributed by atoms with Crippen molar-refractivity contribution in [2.75, 3.05) is 19.6 Å². The highest BCUT2D eigenvalue weighted by Crippen LogP contribution is 2.22. The van der Waals surface area contributed by atoms with E-state index >= 15 is 0 Å². The molecule has 1 aliphatic heterocycles. The van der Waals surface area contributed by atoms with Crippen LogP contribution in [-0.2, 0) is 4.79 Å². The van der Waals surface area contributed by atoms with E-state index in [4.69, 9.17) is 5.73 Å². The van der Waals surface area contributed by atoms with Crippen LogP contribution < -0.4 is 11.1 Å². The molecule has 2 heterocycles. The lowest BCUT2D eigenvalue weighted by molar-refractivity contribution is -0.385. The summed E-state index contributed by atoms with van der Waals surface area (Å²) < 4.78 is 0. The maximum absolute atomic E-state index is 12.9. The van der Waals surface area contributed by atoms with Gasteiger partial charge in [-0.3, -0.25) is 24.7 Å². The topological polar surface area (TPSA) is 131 Å². The van der Waals surface area contributed by atoms with Gasteiger partial charge in [-0.15, -0.1) is 12.4 Å². The van der Waals surface area contributed by atoms with Gasteiger partial charge in [-0.25, -0.2) is 0 Å². The third-order valence-corrected chi connectivity index (χ3v) is 4.31. The van der Waals surface area contributed by atoms with Crippen LogP contribution in [0.15, 0.2) is 12.3 Å². The number of carbonyl (C=O) groups is 2. The van der Waals surface area contributed by atoms with Gasteiger partial charge < -0.3 is 16.0 Å². The first kappa shape index (κ1) is 21.8. The number of likely N-dealkylation sites (tertiary alicyclic amines) is 1. The number of nitrogens with one attached hydrogen (secondary N) is 1. The summed E-state index contributed by atoms with van der Waals surface area (Å²) in [5.74, 6) is -0.430. The summed E-state index contributed by atoms with van der Waals surface area (Å²) in [4.78, 5) is 40.6. The molecule has 1 fully saturated rings. The smallest absolute Gasteiger partial charge is 0.288 e. The van der Waals surface area contributed by atoms with Crippen LogP contribution in [0.5, 0.6) is 0 Å².